The average molecular weight is 242 g/mol. The molecule has 0 radical (unpaired) electrons. The Morgan fingerprint density at radius 2 is 2.11 bits per heavy atom. The predicted molar refractivity (Wildman–Crippen MR) is 66.8 cm³/mol. The van der Waals surface area contributed by atoms with Crippen LogP contribution in [0.1, 0.15) is 11.8 Å². The summed E-state index contributed by atoms with van der Waals surface area (Å²) in [5.74, 6) is 0. The molecule has 0 spiro atoms. The molecule has 92 valence electrons. The quantitative estimate of drug-likeness (QED) is 0.857. The molecule has 1 aliphatic heterocycles. The third-order valence-corrected chi connectivity index (χ3v) is 2.88. The van der Waals surface area contributed by atoms with Gasteiger partial charge in [-0.1, -0.05) is 6.07 Å². The molecule has 0 aliphatic carbocycles. The van der Waals surface area contributed by atoms with Gasteiger partial charge in [-0.2, -0.15) is 0 Å². The summed E-state index contributed by atoms with van der Waals surface area (Å²) in [5.41, 5.74) is 2.74. The third kappa shape index (κ3) is 2.37. The van der Waals surface area contributed by atoms with E-state index in [9.17, 15) is 0 Å². The molecule has 5 heteroatoms. The van der Waals surface area contributed by atoms with Crippen LogP contribution in [0.2, 0.25) is 0 Å². The fourth-order valence-corrected chi connectivity index (χ4v) is 1.98. The van der Waals surface area contributed by atoms with Crippen LogP contribution in [0.5, 0.6) is 0 Å². The first kappa shape index (κ1) is 11.3. The highest BCUT2D eigenvalue weighted by Crippen LogP contribution is 2.20. The maximum atomic E-state index is 5.70. The van der Waals surface area contributed by atoms with Gasteiger partial charge in [0.05, 0.1) is 18.0 Å². The lowest BCUT2D eigenvalue weighted by Crippen LogP contribution is -2.33. The summed E-state index contributed by atoms with van der Waals surface area (Å²) in [6, 6.07) is 5.94. The Kier molecular flexibility index (Phi) is 3.25. The molecule has 2 aromatic heterocycles. The van der Waals surface area contributed by atoms with Gasteiger partial charge in [0, 0.05) is 31.0 Å². The van der Waals surface area contributed by atoms with Gasteiger partial charge >= 0.3 is 0 Å². The van der Waals surface area contributed by atoms with E-state index in [0.29, 0.717) is 0 Å². The Morgan fingerprint density at radius 3 is 2.89 bits per heavy atom. The Morgan fingerprint density at radius 1 is 1.22 bits per heavy atom. The molecule has 2 aromatic rings. The molecule has 1 N–H and O–H groups in total. The number of rotatable bonds is 2. The fourth-order valence-electron chi connectivity index (χ4n) is 1.98. The molecule has 0 saturated carbocycles. The van der Waals surface area contributed by atoms with Gasteiger partial charge in [-0.05, 0) is 12.1 Å². The lowest BCUT2D eigenvalue weighted by atomic mass is 10.1. The van der Waals surface area contributed by atoms with Crippen molar-refractivity contribution in [2.24, 2.45) is 0 Å². The summed E-state index contributed by atoms with van der Waals surface area (Å²) < 4.78 is 5.70. The first-order chi connectivity index (χ1) is 8.93. The highest BCUT2D eigenvalue weighted by molar-refractivity contribution is 5.56. The van der Waals surface area contributed by atoms with Crippen LogP contribution >= 0.6 is 0 Å². The van der Waals surface area contributed by atoms with Crippen LogP contribution < -0.4 is 5.32 Å². The van der Waals surface area contributed by atoms with E-state index in [0.717, 1.165) is 36.6 Å². The van der Waals surface area contributed by atoms with E-state index in [1.165, 1.54) is 6.33 Å². The highest BCUT2D eigenvalue weighted by Gasteiger charge is 2.17. The standard InChI is InChI=1S/C13H14N4O/c1-2-11(10-6-15-9-16-7-10)17-12(3-1)13-8-14-4-5-18-13/h1-3,6-7,9,13-14H,4-5,8H2/t13-/m0/s1. The molecule has 1 fully saturated rings. The average Bonchev–Trinajstić information content (AvgIpc) is 2.49. The van der Waals surface area contributed by atoms with Gasteiger partial charge in [0.25, 0.3) is 0 Å². The lowest BCUT2D eigenvalue weighted by Gasteiger charge is -2.23. The molecule has 0 bridgehead atoms. The first-order valence-electron chi connectivity index (χ1n) is 5.98. The van der Waals surface area contributed by atoms with Crippen LogP contribution in [0.4, 0.5) is 0 Å². The summed E-state index contributed by atoms with van der Waals surface area (Å²) in [7, 11) is 0. The zero-order chi connectivity index (χ0) is 12.2. The number of hydrogen-bond acceptors (Lipinski definition) is 5. The van der Waals surface area contributed by atoms with Crippen LogP contribution in [0.3, 0.4) is 0 Å². The molecule has 5 nitrogen and oxygen atoms in total. The van der Waals surface area contributed by atoms with Crippen LogP contribution in [-0.4, -0.2) is 34.6 Å². The summed E-state index contributed by atoms with van der Waals surface area (Å²) in [6.07, 6.45) is 5.07. The smallest absolute Gasteiger partial charge is 0.115 e. The second-order valence-corrected chi connectivity index (χ2v) is 4.14. The molecule has 0 aromatic carbocycles. The van der Waals surface area contributed by atoms with Gasteiger partial charge < -0.3 is 10.1 Å². The van der Waals surface area contributed by atoms with Gasteiger partial charge in [-0.3, -0.25) is 0 Å². The summed E-state index contributed by atoms with van der Waals surface area (Å²) >= 11 is 0. The number of aromatic nitrogens is 3. The van der Waals surface area contributed by atoms with Crippen molar-refractivity contribution in [1.82, 2.24) is 20.3 Å². The van der Waals surface area contributed by atoms with E-state index in [1.807, 2.05) is 18.2 Å². The minimum atomic E-state index is 0.0309. The van der Waals surface area contributed by atoms with Crippen molar-refractivity contribution in [3.63, 3.8) is 0 Å². The van der Waals surface area contributed by atoms with Crippen LogP contribution in [0, 0.1) is 0 Å². The number of hydrogen-bond donors (Lipinski definition) is 1. The molecular formula is C13H14N4O. The number of nitrogens with zero attached hydrogens (tertiary/aromatic N) is 3. The summed E-state index contributed by atoms with van der Waals surface area (Å²) in [6.45, 7) is 2.44. The van der Waals surface area contributed by atoms with Gasteiger partial charge in [-0.15, -0.1) is 0 Å². The molecule has 18 heavy (non-hydrogen) atoms. The number of ether oxygens (including phenoxy) is 1. The molecule has 1 atom stereocenters. The summed E-state index contributed by atoms with van der Waals surface area (Å²) in [5, 5.41) is 3.30. The van der Waals surface area contributed by atoms with E-state index in [4.69, 9.17) is 4.74 Å². The van der Waals surface area contributed by atoms with E-state index in [1.54, 1.807) is 12.4 Å². The van der Waals surface area contributed by atoms with Crippen molar-refractivity contribution in [3.8, 4) is 11.3 Å². The Hall–Kier alpha value is -1.85. The van der Waals surface area contributed by atoms with Crippen molar-refractivity contribution in [2.45, 2.75) is 6.10 Å². The molecule has 3 heterocycles. The van der Waals surface area contributed by atoms with E-state index < -0.39 is 0 Å². The molecule has 0 unspecified atom stereocenters. The molecule has 3 rings (SSSR count). The van der Waals surface area contributed by atoms with Crippen molar-refractivity contribution in [2.75, 3.05) is 19.7 Å². The highest BCUT2D eigenvalue weighted by atomic mass is 16.5. The number of morpholine rings is 1. The van der Waals surface area contributed by atoms with Crippen molar-refractivity contribution >= 4 is 0 Å². The van der Waals surface area contributed by atoms with Crippen molar-refractivity contribution in [3.05, 3.63) is 42.6 Å². The predicted octanol–water partition coefficient (Wildman–Crippen LogP) is 1.20. The second kappa shape index (κ2) is 5.20. The molecule has 0 amide bonds. The lowest BCUT2D eigenvalue weighted by molar-refractivity contribution is 0.0251. The van der Waals surface area contributed by atoms with Gasteiger partial charge in [0.2, 0.25) is 0 Å². The van der Waals surface area contributed by atoms with Crippen LogP contribution in [0.25, 0.3) is 11.3 Å². The maximum absolute atomic E-state index is 5.70. The minimum Gasteiger partial charge on any atom is -0.369 e. The maximum Gasteiger partial charge on any atom is 0.115 e. The Balaban J connectivity index is 1.89. The van der Waals surface area contributed by atoms with E-state index in [-0.39, 0.29) is 6.10 Å². The van der Waals surface area contributed by atoms with E-state index in [2.05, 4.69) is 20.3 Å². The van der Waals surface area contributed by atoms with Gasteiger partial charge in [-0.25, -0.2) is 15.0 Å². The van der Waals surface area contributed by atoms with Crippen molar-refractivity contribution < 1.29 is 4.74 Å². The second-order valence-electron chi connectivity index (χ2n) is 4.14. The zero-order valence-electron chi connectivity index (χ0n) is 9.91. The topological polar surface area (TPSA) is 59.9 Å². The van der Waals surface area contributed by atoms with Gasteiger partial charge in [0.15, 0.2) is 0 Å². The molecule has 1 aliphatic rings. The zero-order valence-corrected chi connectivity index (χ0v) is 9.91. The van der Waals surface area contributed by atoms with Crippen LogP contribution in [0.15, 0.2) is 36.9 Å². The number of nitrogens with one attached hydrogen (secondary N) is 1. The van der Waals surface area contributed by atoms with E-state index >= 15 is 0 Å². The molecular weight excluding hydrogens is 228 g/mol. The normalized spacial score (nSPS) is 19.7. The number of pyridine rings is 1. The largest absolute Gasteiger partial charge is 0.369 e. The van der Waals surface area contributed by atoms with Crippen LogP contribution in [-0.2, 0) is 4.74 Å². The first-order valence-corrected chi connectivity index (χ1v) is 5.98. The summed E-state index contributed by atoms with van der Waals surface area (Å²) in [4.78, 5) is 12.6. The fraction of sp³-hybridized carbons (Fsp3) is 0.308. The minimum absolute atomic E-state index is 0.0309. The molecule has 1 saturated heterocycles. The SMILES string of the molecule is c1cc(-c2cncnc2)nc([C@@H]2CNCCO2)c1. The van der Waals surface area contributed by atoms with Gasteiger partial charge in [0.1, 0.15) is 12.4 Å². The monoisotopic (exact) mass is 242 g/mol. The third-order valence-electron chi connectivity index (χ3n) is 2.88. The van der Waals surface area contributed by atoms with Crippen molar-refractivity contribution in [1.29, 1.82) is 0 Å². The Bertz CT molecular complexity index is 511. The Labute approximate surface area is 105 Å².